The fraction of sp³-hybridized carbons (Fsp3) is 0.238. The molecule has 2 rings (SSSR count). The van der Waals surface area contributed by atoms with Gasteiger partial charge in [0.2, 0.25) is 0 Å². The summed E-state index contributed by atoms with van der Waals surface area (Å²) in [6, 6.07) is 17.2. The third-order valence-corrected chi connectivity index (χ3v) is 3.49. The Morgan fingerprint density at radius 2 is 1.45 bits per heavy atom. The Hall–Kier alpha value is -2.12. The SMILES string of the molecule is C/C=C\c1ccc(-c2ccc(COCC/C=C/C)cc2)cc1. The summed E-state index contributed by atoms with van der Waals surface area (Å²) in [5.41, 5.74) is 4.94. The number of hydrogen-bond donors (Lipinski definition) is 0. The highest BCUT2D eigenvalue weighted by atomic mass is 16.5. The Labute approximate surface area is 134 Å². The van der Waals surface area contributed by atoms with Crippen LogP contribution >= 0.6 is 0 Å². The quantitative estimate of drug-likeness (QED) is 0.458. The molecule has 0 aromatic heterocycles. The van der Waals surface area contributed by atoms with Crippen molar-refractivity contribution in [1.82, 2.24) is 0 Å². The fourth-order valence-electron chi connectivity index (χ4n) is 2.28. The first-order valence-corrected chi connectivity index (χ1v) is 7.84. The molecule has 0 spiro atoms. The zero-order chi connectivity index (χ0) is 15.6. The Morgan fingerprint density at radius 3 is 2.05 bits per heavy atom. The van der Waals surface area contributed by atoms with Gasteiger partial charge >= 0.3 is 0 Å². The zero-order valence-corrected chi connectivity index (χ0v) is 13.5. The molecule has 0 aliphatic heterocycles. The van der Waals surface area contributed by atoms with Crippen molar-refractivity contribution in [2.24, 2.45) is 0 Å². The summed E-state index contributed by atoms with van der Waals surface area (Å²) in [6.07, 6.45) is 9.32. The van der Waals surface area contributed by atoms with Crippen molar-refractivity contribution >= 4 is 6.08 Å². The lowest BCUT2D eigenvalue weighted by molar-refractivity contribution is 0.125. The average molecular weight is 292 g/mol. The van der Waals surface area contributed by atoms with E-state index in [-0.39, 0.29) is 0 Å². The molecule has 0 aliphatic rings. The summed E-state index contributed by atoms with van der Waals surface area (Å²) in [5, 5.41) is 0. The average Bonchev–Trinajstić information content (AvgIpc) is 2.56. The first kappa shape index (κ1) is 16.3. The van der Waals surface area contributed by atoms with Crippen LogP contribution in [0.5, 0.6) is 0 Å². The van der Waals surface area contributed by atoms with Crippen molar-refractivity contribution in [3.8, 4) is 11.1 Å². The first-order valence-electron chi connectivity index (χ1n) is 7.84. The van der Waals surface area contributed by atoms with E-state index in [1.165, 1.54) is 22.3 Å². The summed E-state index contributed by atoms with van der Waals surface area (Å²) in [7, 11) is 0. The molecule has 0 atom stereocenters. The maximum atomic E-state index is 5.65. The second-order valence-electron chi connectivity index (χ2n) is 5.23. The molecule has 0 fully saturated rings. The predicted molar refractivity (Wildman–Crippen MR) is 95.7 cm³/mol. The molecule has 0 N–H and O–H groups in total. The number of ether oxygens (including phenoxy) is 1. The number of benzene rings is 2. The van der Waals surface area contributed by atoms with E-state index < -0.39 is 0 Å². The van der Waals surface area contributed by atoms with Gasteiger partial charge in [0.05, 0.1) is 13.2 Å². The molecule has 0 heterocycles. The van der Waals surface area contributed by atoms with Crippen LogP contribution in [0.2, 0.25) is 0 Å². The molecule has 0 saturated carbocycles. The van der Waals surface area contributed by atoms with Gasteiger partial charge in [0, 0.05) is 0 Å². The van der Waals surface area contributed by atoms with Gasteiger partial charge in [0.15, 0.2) is 0 Å². The molecule has 0 aliphatic carbocycles. The van der Waals surface area contributed by atoms with Gasteiger partial charge in [-0.05, 0) is 42.5 Å². The van der Waals surface area contributed by atoms with Crippen LogP contribution in [0.3, 0.4) is 0 Å². The lowest BCUT2D eigenvalue weighted by atomic mass is 10.0. The molecule has 0 amide bonds. The second kappa shape index (κ2) is 9.01. The summed E-state index contributed by atoms with van der Waals surface area (Å²) in [6.45, 7) is 5.52. The van der Waals surface area contributed by atoms with Gasteiger partial charge in [0.1, 0.15) is 0 Å². The van der Waals surface area contributed by atoms with Crippen molar-refractivity contribution in [2.45, 2.75) is 26.9 Å². The van der Waals surface area contributed by atoms with Crippen LogP contribution in [0.25, 0.3) is 17.2 Å². The van der Waals surface area contributed by atoms with Crippen LogP contribution in [0.4, 0.5) is 0 Å². The van der Waals surface area contributed by atoms with E-state index in [1.807, 2.05) is 13.8 Å². The normalized spacial score (nSPS) is 11.5. The highest BCUT2D eigenvalue weighted by molar-refractivity contribution is 5.65. The van der Waals surface area contributed by atoms with Crippen LogP contribution in [-0.4, -0.2) is 6.61 Å². The smallest absolute Gasteiger partial charge is 0.0717 e. The van der Waals surface area contributed by atoms with Crippen LogP contribution in [0, 0.1) is 0 Å². The lowest BCUT2D eigenvalue weighted by Crippen LogP contribution is -1.94. The summed E-state index contributed by atoms with van der Waals surface area (Å²) < 4.78 is 5.65. The molecular weight excluding hydrogens is 268 g/mol. The maximum absolute atomic E-state index is 5.65. The largest absolute Gasteiger partial charge is 0.376 e. The highest BCUT2D eigenvalue weighted by Crippen LogP contribution is 2.21. The second-order valence-corrected chi connectivity index (χ2v) is 5.23. The van der Waals surface area contributed by atoms with Gasteiger partial charge in [-0.25, -0.2) is 0 Å². The maximum Gasteiger partial charge on any atom is 0.0717 e. The minimum atomic E-state index is 0.679. The zero-order valence-electron chi connectivity index (χ0n) is 13.5. The molecule has 2 aromatic rings. The van der Waals surface area contributed by atoms with Crippen molar-refractivity contribution in [3.05, 3.63) is 77.9 Å². The fourth-order valence-corrected chi connectivity index (χ4v) is 2.28. The molecular formula is C21H24O. The van der Waals surface area contributed by atoms with E-state index in [0.717, 1.165) is 13.0 Å². The van der Waals surface area contributed by atoms with Crippen LogP contribution in [0.1, 0.15) is 31.4 Å². The van der Waals surface area contributed by atoms with Gasteiger partial charge in [-0.3, -0.25) is 0 Å². The van der Waals surface area contributed by atoms with E-state index in [0.29, 0.717) is 6.61 Å². The molecule has 0 saturated heterocycles. The third-order valence-electron chi connectivity index (χ3n) is 3.49. The minimum absolute atomic E-state index is 0.679. The van der Waals surface area contributed by atoms with Crippen molar-refractivity contribution in [2.75, 3.05) is 6.61 Å². The van der Waals surface area contributed by atoms with Crippen LogP contribution < -0.4 is 0 Å². The van der Waals surface area contributed by atoms with Crippen molar-refractivity contribution in [3.63, 3.8) is 0 Å². The van der Waals surface area contributed by atoms with Gasteiger partial charge in [-0.15, -0.1) is 0 Å². The monoisotopic (exact) mass is 292 g/mol. The van der Waals surface area contributed by atoms with Crippen molar-refractivity contribution < 1.29 is 4.74 Å². The van der Waals surface area contributed by atoms with Crippen molar-refractivity contribution in [1.29, 1.82) is 0 Å². The van der Waals surface area contributed by atoms with E-state index in [1.54, 1.807) is 0 Å². The molecule has 0 radical (unpaired) electrons. The van der Waals surface area contributed by atoms with E-state index in [4.69, 9.17) is 4.74 Å². The number of allylic oxidation sites excluding steroid dienone is 2. The molecule has 1 heteroatoms. The first-order chi connectivity index (χ1) is 10.8. The molecule has 0 bridgehead atoms. The van der Waals surface area contributed by atoms with Gasteiger partial charge in [-0.1, -0.05) is 72.8 Å². The topological polar surface area (TPSA) is 9.23 Å². The Balaban J connectivity index is 1.93. The Kier molecular flexibility index (Phi) is 6.66. The van der Waals surface area contributed by atoms with Gasteiger partial charge < -0.3 is 4.74 Å². The molecule has 0 unspecified atom stereocenters. The van der Waals surface area contributed by atoms with E-state index in [9.17, 15) is 0 Å². The summed E-state index contributed by atoms with van der Waals surface area (Å²) >= 11 is 0. The van der Waals surface area contributed by atoms with E-state index >= 15 is 0 Å². The summed E-state index contributed by atoms with van der Waals surface area (Å²) in [4.78, 5) is 0. The van der Waals surface area contributed by atoms with Crippen LogP contribution in [-0.2, 0) is 11.3 Å². The lowest BCUT2D eigenvalue weighted by Gasteiger charge is -2.06. The van der Waals surface area contributed by atoms with Gasteiger partial charge in [-0.2, -0.15) is 0 Å². The van der Waals surface area contributed by atoms with Gasteiger partial charge in [0.25, 0.3) is 0 Å². The summed E-state index contributed by atoms with van der Waals surface area (Å²) in [5.74, 6) is 0. The number of rotatable bonds is 7. The standard InChI is InChI=1S/C21H24O/c1-3-5-6-16-22-17-19-10-14-21(15-11-19)20-12-8-18(7-4-2)9-13-20/h3-5,7-15H,6,16-17H2,1-2H3/b5-3+,7-4-. The number of hydrogen-bond acceptors (Lipinski definition) is 1. The molecule has 114 valence electrons. The Morgan fingerprint density at radius 1 is 0.818 bits per heavy atom. The molecule has 1 nitrogen and oxygen atoms in total. The third kappa shape index (κ3) is 5.01. The van der Waals surface area contributed by atoms with E-state index in [2.05, 4.69) is 72.8 Å². The minimum Gasteiger partial charge on any atom is -0.376 e. The molecule has 22 heavy (non-hydrogen) atoms. The Bertz CT molecular complexity index is 603. The highest BCUT2D eigenvalue weighted by Gasteiger charge is 1.98. The molecule has 2 aromatic carbocycles. The predicted octanol–water partition coefficient (Wildman–Crippen LogP) is 5.87. The van der Waals surface area contributed by atoms with Crippen LogP contribution in [0.15, 0.2) is 66.8 Å².